The van der Waals surface area contributed by atoms with Gasteiger partial charge in [-0.2, -0.15) is 0 Å². The van der Waals surface area contributed by atoms with Crippen LogP contribution in [-0.2, 0) is 4.79 Å². The van der Waals surface area contributed by atoms with Gasteiger partial charge in [0.05, 0.1) is 5.41 Å². The first-order chi connectivity index (χ1) is 8.06. The van der Waals surface area contributed by atoms with Crippen LogP contribution < -0.4 is 5.32 Å². The summed E-state index contributed by atoms with van der Waals surface area (Å²) in [6, 6.07) is 0.262. The zero-order valence-corrected chi connectivity index (χ0v) is 13.2. The van der Waals surface area contributed by atoms with Gasteiger partial charge in [-0.15, -0.1) is 23.2 Å². The van der Waals surface area contributed by atoms with Crippen molar-refractivity contribution in [2.75, 3.05) is 0 Å². The summed E-state index contributed by atoms with van der Waals surface area (Å²) in [7, 11) is 0. The first-order valence-corrected chi connectivity index (χ1v) is 7.50. The van der Waals surface area contributed by atoms with Crippen molar-refractivity contribution in [3.63, 3.8) is 0 Å². The van der Waals surface area contributed by atoms with Gasteiger partial charge < -0.3 is 5.32 Å². The van der Waals surface area contributed by atoms with Crippen LogP contribution in [0.2, 0.25) is 0 Å². The van der Waals surface area contributed by atoms with Crippen molar-refractivity contribution in [2.45, 2.75) is 63.8 Å². The molecule has 0 unspecified atom stereocenters. The topological polar surface area (TPSA) is 29.1 Å². The average molecular weight is 292 g/mol. The molecule has 1 amide bonds. The van der Waals surface area contributed by atoms with E-state index in [4.69, 9.17) is 23.2 Å². The Bertz CT molecular complexity index is 367. The van der Waals surface area contributed by atoms with Crippen LogP contribution in [0.5, 0.6) is 0 Å². The quantitative estimate of drug-likeness (QED) is 0.768. The van der Waals surface area contributed by atoms with Crippen LogP contribution in [0.3, 0.4) is 0 Å². The molecule has 0 aliphatic heterocycles. The highest BCUT2D eigenvalue weighted by Crippen LogP contribution is 2.63. The normalized spacial score (nSPS) is 41.2. The Morgan fingerprint density at radius 3 is 2.22 bits per heavy atom. The van der Waals surface area contributed by atoms with Gasteiger partial charge in [0.1, 0.15) is 4.33 Å². The first-order valence-electron chi connectivity index (χ1n) is 6.75. The first kappa shape index (κ1) is 14.5. The van der Waals surface area contributed by atoms with Crippen LogP contribution in [0.4, 0.5) is 0 Å². The number of amides is 1. The van der Waals surface area contributed by atoms with Gasteiger partial charge in [-0.05, 0) is 43.9 Å². The Labute approximate surface area is 120 Å². The van der Waals surface area contributed by atoms with E-state index < -0.39 is 9.75 Å². The number of carbonyl (C=O) groups is 1. The fourth-order valence-corrected chi connectivity index (χ4v) is 4.15. The molecule has 2 nitrogen and oxygen atoms in total. The fraction of sp³-hybridized carbons (Fsp3) is 0.929. The lowest BCUT2D eigenvalue weighted by Crippen LogP contribution is -2.46. The van der Waals surface area contributed by atoms with Crippen LogP contribution in [0.1, 0.15) is 53.4 Å². The van der Waals surface area contributed by atoms with Crippen LogP contribution in [0.25, 0.3) is 0 Å². The van der Waals surface area contributed by atoms with Gasteiger partial charge in [-0.1, -0.05) is 20.8 Å². The van der Waals surface area contributed by atoms with Crippen molar-refractivity contribution < 1.29 is 4.79 Å². The fourth-order valence-electron chi connectivity index (χ4n) is 3.45. The number of carbonyl (C=O) groups excluding carboxylic acids is 1. The van der Waals surface area contributed by atoms with Gasteiger partial charge >= 0.3 is 0 Å². The van der Waals surface area contributed by atoms with Crippen LogP contribution in [0.15, 0.2) is 0 Å². The molecule has 104 valence electrons. The highest BCUT2D eigenvalue weighted by molar-refractivity contribution is 6.53. The molecule has 2 rings (SSSR count). The van der Waals surface area contributed by atoms with Crippen molar-refractivity contribution in [1.82, 2.24) is 5.32 Å². The predicted octanol–water partition coefficient (Wildman–Crippen LogP) is 3.90. The van der Waals surface area contributed by atoms with Crippen molar-refractivity contribution >= 4 is 29.1 Å². The molecule has 2 aliphatic rings. The maximum atomic E-state index is 12.2. The molecule has 3 atom stereocenters. The molecule has 0 aromatic carbocycles. The van der Waals surface area contributed by atoms with Gasteiger partial charge in [0.2, 0.25) is 5.91 Å². The molecule has 1 N–H and O–H groups in total. The zero-order chi connectivity index (χ0) is 13.8. The second-order valence-electron chi connectivity index (χ2n) is 7.30. The second kappa shape index (κ2) is 4.28. The summed E-state index contributed by atoms with van der Waals surface area (Å²) in [6.07, 6.45) is 3.88. The van der Waals surface area contributed by atoms with E-state index >= 15 is 0 Å². The van der Waals surface area contributed by atoms with E-state index in [0.717, 1.165) is 12.8 Å². The number of nitrogens with one attached hydrogen (secondary N) is 1. The van der Waals surface area contributed by atoms with Gasteiger partial charge in [0.15, 0.2) is 0 Å². The average Bonchev–Trinajstić information content (AvgIpc) is 2.63. The summed E-state index contributed by atoms with van der Waals surface area (Å²) in [5, 5.41) is 3.16. The number of rotatable bonds is 2. The van der Waals surface area contributed by atoms with Gasteiger partial charge in [0, 0.05) is 6.04 Å². The van der Waals surface area contributed by atoms with Gasteiger partial charge in [-0.3, -0.25) is 4.79 Å². The Morgan fingerprint density at radius 2 is 1.78 bits per heavy atom. The molecule has 18 heavy (non-hydrogen) atoms. The minimum absolute atomic E-state index is 0.0161. The van der Waals surface area contributed by atoms with Crippen LogP contribution in [0, 0.1) is 16.7 Å². The van der Waals surface area contributed by atoms with E-state index in [9.17, 15) is 4.79 Å². The summed E-state index contributed by atoms with van der Waals surface area (Å²) >= 11 is 12.1. The molecular formula is C14H23Cl2NO. The smallest absolute Gasteiger partial charge is 0.229 e. The molecule has 0 spiro atoms. The third kappa shape index (κ3) is 2.65. The van der Waals surface area contributed by atoms with Gasteiger partial charge in [0.25, 0.3) is 0 Å². The van der Waals surface area contributed by atoms with E-state index in [2.05, 4.69) is 26.1 Å². The van der Waals surface area contributed by atoms with Crippen molar-refractivity contribution in [3.8, 4) is 0 Å². The Morgan fingerprint density at radius 1 is 1.22 bits per heavy atom. The SMILES string of the molecule is C[C@@H]1C[C@@H](NC(=O)[C@@]2(C)CC2(Cl)Cl)CC(C)(C)C1. The maximum absolute atomic E-state index is 12.2. The zero-order valence-electron chi connectivity index (χ0n) is 11.6. The summed E-state index contributed by atoms with van der Waals surface area (Å²) in [5.41, 5.74) is -0.292. The molecule has 2 aliphatic carbocycles. The van der Waals surface area contributed by atoms with Crippen molar-refractivity contribution in [2.24, 2.45) is 16.7 Å². The molecular weight excluding hydrogens is 269 g/mol. The molecule has 0 bridgehead atoms. The minimum atomic E-state index is -0.868. The number of hydrogen-bond donors (Lipinski definition) is 1. The maximum Gasteiger partial charge on any atom is 0.229 e. The lowest BCUT2D eigenvalue weighted by atomic mass is 9.70. The summed E-state index contributed by atoms with van der Waals surface area (Å²) in [4.78, 5) is 12.2. The van der Waals surface area contributed by atoms with Gasteiger partial charge in [-0.25, -0.2) is 0 Å². The third-order valence-electron chi connectivity index (χ3n) is 4.48. The Balaban J connectivity index is 1.96. The van der Waals surface area contributed by atoms with E-state index in [1.54, 1.807) is 0 Å². The predicted molar refractivity (Wildman–Crippen MR) is 75.9 cm³/mol. The largest absolute Gasteiger partial charge is 0.353 e. The standard InChI is InChI=1S/C14H23Cl2NO/c1-9-5-10(7-12(2,3)6-9)17-11(18)13(4)8-14(13,15)16/h9-10H,5-8H2,1-4H3,(H,17,18)/t9-,10-,13-/m1/s1. The lowest BCUT2D eigenvalue weighted by Gasteiger charge is -2.39. The van der Waals surface area contributed by atoms with Crippen LogP contribution >= 0.6 is 23.2 Å². The van der Waals surface area contributed by atoms with Crippen molar-refractivity contribution in [1.29, 1.82) is 0 Å². The summed E-state index contributed by atoms with van der Waals surface area (Å²) in [5.74, 6) is 0.671. The van der Waals surface area contributed by atoms with E-state index in [1.807, 2.05) is 6.92 Å². The molecule has 0 saturated heterocycles. The Hall–Kier alpha value is 0.0500. The molecule has 4 heteroatoms. The molecule has 0 aromatic heterocycles. The molecule has 0 heterocycles. The molecule has 2 saturated carbocycles. The molecule has 0 radical (unpaired) electrons. The summed E-state index contributed by atoms with van der Waals surface area (Å²) < 4.78 is -0.868. The molecule has 0 aromatic rings. The van der Waals surface area contributed by atoms with Crippen molar-refractivity contribution in [3.05, 3.63) is 0 Å². The van der Waals surface area contributed by atoms with E-state index in [-0.39, 0.29) is 11.9 Å². The molecule has 2 fully saturated rings. The highest BCUT2D eigenvalue weighted by atomic mass is 35.5. The summed E-state index contributed by atoms with van der Waals surface area (Å²) in [6.45, 7) is 8.65. The Kier molecular flexibility index (Phi) is 3.43. The minimum Gasteiger partial charge on any atom is -0.353 e. The van der Waals surface area contributed by atoms with Crippen LogP contribution in [-0.4, -0.2) is 16.3 Å². The number of hydrogen-bond acceptors (Lipinski definition) is 1. The number of alkyl halides is 2. The lowest BCUT2D eigenvalue weighted by molar-refractivity contribution is -0.127. The second-order valence-corrected chi connectivity index (χ2v) is 8.78. The third-order valence-corrected chi connectivity index (χ3v) is 5.58. The monoisotopic (exact) mass is 291 g/mol. The highest BCUT2D eigenvalue weighted by Gasteiger charge is 2.68. The van der Waals surface area contributed by atoms with E-state index in [0.29, 0.717) is 17.8 Å². The van der Waals surface area contributed by atoms with E-state index in [1.165, 1.54) is 6.42 Å². The number of halogens is 2.